The number of carbonyl (C=O) groups excluding carboxylic acids is 2. The smallest absolute Gasteiger partial charge is 0.262 e. The van der Waals surface area contributed by atoms with Crippen LogP contribution in [0.3, 0.4) is 0 Å². The van der Waals surface area contributed by atoms with Gasteiger partial charge in [-0.1, -0.05) is 78.9 Å². The van der Waals surface area contributed by atoms with Crippen LogP contribution in [0, 0.1) is 0 Å². The topological polar surface area (TPSA) is 83.5 Å². The quantitative estimate of drug-likeness (QED) is 0.288. The molecule has 2 saturated heterocycles. The fourth-order valence-corrected chi connectivity index (χ4v) is 5.43. The lowest BCUT2D eigenvalue weighted by Crippen LogP contribution is -2.65. The summed E-state index contributed by atoms with van der Waals surface area (Å²) in [7, 11) is 0. The summed E-state index contributed by atoms with van der Waals surface area (Å²) in [5.74, 6) is -0.836. The van der Waals surface area contributed by atoms with Gasteiger partial charge in [0.2, 0.25) is 0 Å². The van der Waals surface area contributed by atoms with E-state index < -0.39 is 54.9 Å². The van der Waals surface area contributed by atoms with Crippen LogP contribution in [-0.2, 0) is 30.3 Å². The van der Waals surface area contributed by atoms with Gasteiger partial charge >= 0.3 is 0 Å². The number of rotatable bonds is 9. The number of hydrogen-bond donors (Lipinski definition) is 0. The van der Waals surface area contributed by atoms with Crippen LogP contribution in [0.1, 0.15) is 45.1 Å². The summed E-state index contributed by atoms with van der Waals surface area (Å²) >= 11 is 0. The molecule has 8 heteroatoms. The lowest BCUT2D eigenvalue weighted by molar-refractivity contribution is -0.269. The van der Waals surface area contributed by atoms with Crippen molar-refractivity contribution in [1.29, 1.82) is 0 Å². The Bertz CT molecular complexity index is 1330. The second-order valence-corrected chi connectivity index (χ2v) is 10.1. The molecule has 3 aliphatic heterocycles. The third-order valence-electron chi connectivity index (χ3n) is 7.45. The number of hydrogen-bond acceptors (Lipinski definition) is 7. The Morgan fingerprint density at radius 2 is 1.45 bits per heavy atom. The van der Waals surface area contributed by atoms with Crippen molar-refractivity contribution in [3.63, 3.8) is 0 Å². The first-order valence-electron chi connectivity index (χ1n) is 13.4. The number of fused-ring (bicyclic) bond motifs is 2. The molecule has 2 fully saturated rings. The first-order valence-corrected chi connectivity index (χ1v) is 13.4. The van der Waals surface area contributed by atoms with Gasteiger partial charge in [0, 0.05) is 5.56 Å². The van der Waals surface area contributed by atoms with Crippen LogP contribution in [-0.4, -0.2) is 60.1 Å². The lowest BCUT2D eigenvalue weighted by atomic mass is 9.95. The molecule has 8 nitrogen and oxygen atoms in total. The van der Waals surface area contributed by atoms with Crippen molar-refractivity contribution in [2.75, 3.05) is 6.61 Å². The molecule has 206 valence electrons. The van der Waals surface area contributed by atoms with Crippen LogP contribution in [0.5, 0.6) is 0 Å². The van der Waals surface area contributed by atoms with Crippen LogP contribution < -0.4 is 0 Å². The number of carbonyl (C=O) groups is 2. The molecular formula is C32H31NO7. The molecule has 0 radical (unpaired) electrons. The summed E-state index contributed by atoms with van der Waals surface area (Å²) in [6.07, 6.45) is -2.45. The SMILES string of the molecule is C=C[C@@H](C)O[C@@H]1O[C@H](COCc2ccccc2)[C@H]2OC(c3ccccc3)O[C@@H]2[C@H]1N1C(=O)c2ccccc2C1=O. The van der Waals surface area contributed by atoms with E-state index in [9.17, 15) is 9.59 Å². The van der Waals surface area contributed by atoms with Crippen LogP contribution in [0.4, 0.5) is 0 Å². The second kappa shape index (κ2) is 11.4. The molecule has 0 spiro atoms. The van der Waals surface area contributed by atoms with Gasteiger partial charge in [0.15, 0.2) is 12.6 Å². The van der Waals surface area contributed by atoms with Gasteiger partial charge < -0.3 is 23.7 Å². The zero-order chi connectivity index (χ0) is 27.6. The lowest BCUT2D eigenvalue weighted by Gasteiger charge is -2.45. The van der Waals surface area contributed by atoms with E-state index in [0.717, 1.165) is 11.1 Å². The first kappa shape index (κ1) is 26.6. The number of benzene rings is 3. The minimum atomic E-state index is -1.00. The molecule has 3 heterocycles. The fourth-order valence-electron chi connectivity index (χ4n) is 5.43. The monoisotopic (exact) mass is 541 g/mol. The van der Waals surface area contributed by atoms with Gasteiger partial charge in [0.05, 0.1) is 30.4 Å². The zero-order valence-electron chi connectivity index (χ0n) is 22.1. The molecular weight excluding hydrogens is 510 g/mol. The number of amides is 2. The van der Waals surface area contributed by atoms with Gasteiger partial charge in [-0.3, -0.25) is 14.5 Å². The predicted molar refractivity (Wildman–Crippen MR) is 145 cm³/mol. The van der Waals surface area contributed by atoms with Crippen molar-refractivity contribution in [3.8, 4) is 0 Å². The van der Waals surface area contributed by atoms with Crippen molar-refractivity contribution < 1.29 is 33.3 Å². The maximum absolute atomic E-state index is 13.6. The Morgan fingerprint density at radius 1 is 0.850 bits per heavy atom. The van der Waals surface area contributed by atoms with Crippen LogP contribution in [0.2, 0.25) is 0 Å². The third kappa shape index (κ3) is 5.00. The molecule has 6 rings (SSSR count). The molecule has 1 unspecified atom stereocenters. The summed E-state index contributed by atoms with van der Waals surface area (Å²) < 4.78 is 31.7. The molecule has 0 aliphatic carbocycles. The Kier molecular flexibility index (Phi) is 7.60. The molecule has 0 aromatic heterocycles. The van der Waals surface area contributed by atoms with E-state index in [0.29, 0.717) is 17.7 Å². The molecule has 2 amide bonds. The Hall–Kier alpha value is -3.66. The average molecular weight is 542 g/mol. The van der Waals surface area contributed by atoms with Crippen molar-refractivity contribution >= 4 is 11.8 Å². The van der Waals surface area contributed by atoms with Crippen molar-refractivity contribution in [2.45, 2.75) is 56.6 Å². The van der Waals surface area contributed by atoms with Crippen LogP contribution in [0.15, 0.2) is 97.6 Å². The minimum absolute atomic E-state index is 0.193. The maximum atomic E-state index is 13.6. The van der Waals surface area contributed by atoms with E-state index in [4.69, 9.17) is 23.7 Å². The Morgan fingerprint density at radius 3 is 2.10 bits per heavy atom. The van der Waals surface area contributed by atoms with Gasteiger partial charge in [-0.2, -0.15) is 0 Å². The predicted octanol–water partition coefficient (Wildman–Crippen LogP) is 4.67. The van der Waals surface area contributed by atoms with Gasteiger partial charge in [-0.05, 0) is 24.6 Å². The summed E-state index contributed by atoms with van der Waals surface area (Å²) in [5.41, 5.74) is 2.52. The normalized spacial score (nSPS) is 28.3. The minimum Gasteiger partial charge on any atom is -0.374 e. The zero-order valence-corrected chi connectivity index (χ0v) is 22.1. The second-order valence-electron chi connectivity index (χ2n) is 10.1. The molecule has 0 bridgehead atoms. The molecule has 40 heavy (non-hydrogen) atoms. The van der Waals surface area contributed by atoms with Crippen LogP contribution >= 0.6 is 0 Å². The van der Waals surface area contributed by atoms with E-state index in [1.165, 1.54) is 4.90 Å². The van der Waals surface area contributed by atoms with Gasteiger partial charge in [-0.25, -0.2) is 0 Å². The highest BCUT2D eigenvalue weighted by atomic mass is 16.8. The Balaban J connectivity index is 1.33. The number of ether oxygens (including phenoxy) is 5. The molecule has 0 N–H and O–H groups in total. The molecule has 7 atom stereocenters. The maximum Gasteiger partial charge on any atom is 0.262 e. The van der Waals surface area contributed by atoms with Gasteiger partial charge in [0.25, 0.3) is 11.8 Å². The van der Waals surface area contributed by atoms with E-state index >= 15 is 0 Å². The third-order valence-corrected chi connectivity index (χ3v) is 7.45. The molecule has 3 aromatic rings. The average Bonchev–Trinajstić information content (AvgIpc) is 3.54. The fraction of sp³-hybridized carbons (Fsp3) is 0.312. The van der Waals surface area contributed by atoms with Gasteiger partial charge in [-0.15, -0.1) is 6.58 Å². The highest BCUT2D eigenvalue weighted by Crippen LogP contribution is 2.43. The highest BCUT2D eigenvalue weighted by Gasteiger charge is 2.59. The van der Waals surface area contributed by atoms with Crippen molar-refractivity contribution in [3.05, 3.63) is 120 Å². The summed E-state index contributed by atoms with van der Waals surface area (Å²) in [6, 6.07) is 25.3. The summed E-state index contributed by atoms with van der Waals surface area (Å²) in [6.45, 7) is 6.22. The highest BCUT2D eigenvalue weighted by molar-refractivity contribution is 6.21. The van der Waals surface area contributed by atoms with Crippen LogP contribution in [0.25, 0.3) is 0 Å². The van der Waals surface area contributed by atoms with Crippen molar-refractivity contribution in [2.24, 2.45) is 0 Å². The van der Waals surface area contributed by atoms with Crippen molar-refractivity contribution in [1.82, 2.24) is 4.90 Å². The first-order chi connectivity index (χ1) is 19.5. The van der Waals surface area contributed by atoms with Gasteiger partial charge in [0.1, 0.15) is 24.4 Å². The molecule has 3 aromatic carbocycles. The summed E-state index contributed by atoms with van der Waals surface area (Å²) in [4.78, 5) is 28.4. The van der Waals surface area contributed by atoms with E-state index in [1.807, 2.05) is 67.6 Å². The molecule has 0 saturated carbocycles. The van der Waals surface area contributed by atoms with E-state index in [2.05, 4.69) is 6.58 Å². The number of imide groups is 1. The van der Waals surface area contributed by atoms with E-state index in [1.54, 1.807) is 30.3 Å². The standard InChI is InChI=1S/C32H31NO7/c1-3-20(2)37-32-26(33-29(34)23-16-10-11-17-24(23)30(33)35)28-27(39-31(40-28)22-14-8-5-9-15-22)25(38-32)19-36-18-21-12-6-4-7-13-21/h3-17,20,25-28,31-32H,1,18-19H2,2H3/t20-,25-,26-,27-,28-,31?,32-/m1/s1. The molecule has 3 aliphatic rings. The largest absolute Gasteiger partial charge is 0.374 e. The summed E-state index contributed by atoms with van der Waals surface area (Å²) in [5, 5.41) is 0. The van der Waals surface area contributed by atoms with E-state index in [-0.39, 0.29) is 6.61 Å². The number of nitrogens with zero attached hydrogens (tertiary/aromatic N) is 1. The Labute approximate surface area is 233 Å².